The van der Waals surface area contributed by atoms with Crippen LogP contribution in [0.3, 0.4) is 0 Å². The van der Waals surface area contributed by atoms with Crippen LogP contribution < -0.4 is 21.7 Å². The Bertz CT molecular complexity index is 891. The van der Waals surface area contributed by atoms with Gasteiger partial charge in [0.05, 0.1) is 12.6 Å². The molecule has 0 saturated heterocycles. The van der Waals surface area contributed by atoms with Gasteiger partial charge < -0.3 is 37.0 Å². The quantitative estimate of drug-likeness (QED) is 0.153. The highest BCUT2D eigenvalue weighted by Crippen LogP contribution is 2.06. The van der Waals surface area contributed by atoms with E-state index in [0.29, 0.717) is 5.56 Å². The number of amides is 3. The minimum absolute atomic E-state index is 0.00421. The molecule has 0 fully saturated rings. The van der Waals surface area contributed by atoms with Crippen molar-refractivity contribution >= 4 is 35.6 Å². The number of nitrogens with two attached hydrogens (primary N) is 1. The van der Waals surface area contributed by atoms with Crippen molar-refractivity contribution in [2.75, 3.05) is 6.54 Å². The second-order valence-corrected chi connectivity index (χ2v) is 7.40. The lowest BCUT2D eigenvalue weighted by molar-refractivity contribution is -0.143. The fourth-order valence-electron chi connectivity index (χ4n) is 2.81. The highest BCUT2D eigenvalue weighted by molar-refractivity contribution is 5.92. The van der Waals surface area contributed by atoms with Gasteiger partial charge in [0.25, 0.3) is 0 Å². The van der Waals surface area contributed by atoms with E-state index < -0.39 is 66.7 Å². The first-order valence-electron chi connectivity index (χ1n) is 10.3. The molecule has 0 aliphatic rings. The number of carbonyl (C=O) groups excluding carboxylic acids is 3. The van der Waals surface area contributed by atoms with Crippen LogP contribution in [0, 0.1) is 0 Å². The summed E-state index contributed by atoms with van der Waals surface area (Å²) in [6.45, 7) is -0.556. The van der Waals surface area contributed by atoms with E-state index in [9.17, 15) is 33.9 Å². The molecule has 0 bridgehead atoms. The summed E-state index contributed by atoms with van der Waals surface area (Å²) in [6.07, 6.45) is -1.30. The SMILES string of the molecule is NC(CCC(=O)O)C(=O)NCC(=O)NC(Cc1ccccc1)C(=O)NC(CCC(=O)O)C(=O)O. The zero-order valence-corrected chi connectivity index (χ0v) is 18.2. The van der Waals surface area contributed by atoms with Crippen LogP contribution in [0.4, 0.5) is 0 Å². The standard InChI is InChI=1S/C21H28N4O9/c22-13(6-8-17(27)28)19(31)23-11-16(26)24-15(10-12-4-2-1-3-5-12)20(32)25-14(21(33)34)7-9-18(29)30/h1-5,13-15H,6-11,22H2,(H,23,31)(H,24,26)(H,25,32)(H,27,28)(H,29,30)(H,33,34). The van der Waals surface area contributed by atoms with Crippen molar-refractivity contribution < 1.29 is 44.1 Å². The second kappa shape index (κ2) is 14.2. The Hall–Kier alpha value is -4.00. The minimum atomic E-state index is -1.48. The van der Waals surface area contributed by atoms with Gasteiger partial charge in [0, 0.05) is 19.3 Å². The highest BCUT2D eigenvalue weighted by Gasteiger charge is 2.27. The van der Waals surface area contributed by atoms with Crippen LogP contribution in [0.25, 0.3) is 0 Å². The fraction of sp³-hybridized carbons (Fsp3) is 0.429. The van der Waals surface area contributed by atoms with Crippen molar-refractivity contribution in [1.82, 2.24) is 16.0 Å². The average Bonchev–Trinajstić information content (AvgIpc) is 2.78. The van der Waals surface area contributed by atoms with Crippen LogP contribution in [0.5, 0.6) is 0 Å². The third-order valence-corrected chi connectivity index (χ3v) is 4.62. The van der Waals surface area contributed by atoms with Crippen LogP contribution in [0.2, 0.25) is 0 Å². The Labute approximate surface area is 194 Å². The Kier molecular flexibility index (Phi) is 11.7. The molecule has 1 rings (SSSR count). The Balaban J connectivity index is 2.81. The minimum Gasteiger partial charge on any atom is -0.481 e. The molecule has 0 spiro atoms. The normalized spacial score (nSPS) is 13.1. The van der Waals surface area contributed by atoms with Crippen LogP contribution in [-0.2, 0) is 35.2 Å². The summed E-state index contributed by atoms with van der Waals surface area (Å²) in [5.74, 6) is -6.15. The lowest BCUT2D eigenvalue weighted by Gasteiger charge is -2.22. The predicted octanol–water partition coefficient (Wildman–Crippen LogP) is -1.54. The molecule has 0 aromatic heterocycles. The van der Waals surface area contributed by atoms with Gasteiger partial charge in [-0.1, -0.05) is 30.3 Å². The molecule has 3 unspecified atom stereocenters. The molecule has 0 heterocycles. The zero-order valence-electron chi connectivity index (χ0n) is 18.2. The van der Waals surface area contributed by atoms with Gasteiger partial charge in [0.1, 0.15) is 12.1 Å². The third-order valence-electron chi connectivity index (χ3n) is 4.62. The van der Waals surface area contributed by atoms with Crippen molar-refractivity contribution in [2.24, 2.45) is 5.73 Å². The van der Waals surface area contributed by atoms with Gasteiger partial charge in [0.15, 0.2) is 0 Å². The van der Waals surface area contributed by atoms with E-state index in [4.69, 9.17) is 15.9 Å². The van der Waals surface area contributed by atoms with E-state index in [2.05, 4.69) is 16.0 Å². The number of nitrogens with one attached hydrogen (secondary N) is 3. The van der Waals surface area contributed by atoms with Gasteiger partial charge in [-0.3, -0.25) is 24.0 Å². The molecule has 1 aromatic carbocycles. The summed E-state index contributed by atoms with van der Waals surface area (Å²) >= 11 is 0. The number of hydrogen-bond donors (Lipinski definition) is 7. The molecule has 186 valence electrons. The smallest absolute Gasteiger partial charge is 0.326 e. The van der Waals surface area contributed by atoms with Gasteiger partial charge in [-0.05, 0) is 18.4 Å². The molecule has 3 atom stereocenters. The number of aliphatic carboxylic acids is 3. The topological polar surface area (TPSA) is 225 Å². The maximum Gasteiger partial charge on any atom is 0.326 e. The molecule has 34 heavy (non-hydrogen) atoms. The molecule has 0 aliphatic carbocycles. The summed E-state index contributed by atoms with van der Waals surface area (Å²) in [5.41, 5.74) is 6.22. The Morgan fingerprint density at radius 2 is 1.38 bits per heavy atom. The van der Waals surface area contributed by atoms with E-state index in [-0.39, 0.29) is 25.7 Å². The molecule has 3 amide bonds. The molecular formula is C21H28N4O9. The van der Waals surface area contributed by atoms with Crippen LogP contribution in [0.1, 0.15) is 31.2 Å². The first-order chi connectivity index (χ1) is 16.0. The van der Waals surface area contributed by atoms with Gasteiger partial charge >= 0.3 is 17.9 Å². The van der Waals surface area contributed by atoms with Crippen LogP contribution in [-0.4, -0.2) is 75.6 Å². The maximum absolute atomic E-state index is 12.7. The van der Waals surface area contributed by atoms with Crippen molar-refractivity contribution in [1.29, 1.82) is 0 Å². The van der Waals surface area contributed by atoms with Crippen LogP contribution in [0.15, 0.2) is 30.3 Å². The van der Waals surface area contributed by atoms with Crippen molar-refractivity contribution in [2.45, 2.75) is 50.2 Å². The van der Waals surface area contributed by atoms with Crippen LogP contribution >= 0.6 is 0 Å². The lowest BCUT2D eigenvalue weighted by atomic mass is 10.0. The fourth-order valence-corrected chi connectivity index (χ4v) is 2.81. The van der Waals surface area contributed by atoms with Gasteiger partial charge in [-0.2, -0.15) is 0 Å². The molecule has 8 N–H and O–H groups in total. The third kappa shape index (κ3) is 11.0. The number of carboxylic acid groups (broad SMARTS) is 3. The number of hydrogen-bond acceptors (Lipinski definition) is 7. The van der Waals surface area contributed by atoms with Crippen molar-refractivity contribution in [3.63, 3.8) is 0 Å². The number of benzene rings is 1. The molecule has 0 radical (unpaired) electrons. The lowest BCUT2D eigenvalue weighted by Crippen LogP contribution is -2.54. The van der Waals surface area contributed by atoms with Gasteiger partial charge in [-0.15, -0.1) is 0 Å². The Morgan fingerprint density at radius 3 is 1.94 bits per heavy atom. The maximum atomic E-state index is 12.7. The van der Waals surface area contributed by atoms with Gasteiger partial charge in [0.2, 0.25) is 17.7 Å². The highest BCUT2D eigenvalue weighted by atomic mass is 16.4. The van der Waals surface area contributed by atoms with E-state index in [1.165, 1.54) is 0 Å². The van der Waals surface area contributed by atoms with Gasteiger partial charge in [-0.25, -0.2) is 4.79 Å². The first-order valence-corrected chi connectivity index (χ1v) is 10.3. The van der Waals surface area contributed by atoms with E-state index in [1.54, 1.807) is 30.3 Å². The first kappa shape index (κ1) is 28.0. The second-order valence-electron chi connectivity index (χ2n) is 7.40. The molecule has 0 saturated carbocycles. The molecule has 13 nitrogen and oxygen atoms in total. The summed E-state index contributed by atoms with van der Waals surface area (Å²) in [6, 6.07) is 4.69. The number of carbonyl (C=O) groups is 6. The van der Waals surface area contributed by atoms with E-state index in [1.807, 2.05) is 0 Å². The summed E-state index contributed by atoms with van der Waals surface area (Å²) < 4.78 is 0. The largest absolute Gasteiger partial charge is 0.481 e. The van der Waals surface area contributed by atoms with Crippen molar-refractivity contribution in [3.8, 4) is 0 Å². The molecular weight excluding hydrogens is 452 g/mol. The Morgan fingerprint density at radius 1 is 0.794 bits per heavy atom. The van der Waals surface area contributed by atoms with E-state index in [0.717, 1.165) is 0 Å². The number of rotatable bonds is 15. The summed E-state index contributed by atoms with van der Waals surface area (Å²) in [7, 11) is 0. The zero-order chi connectivity index (χ0) is 25.7. The molecule has 13 heteroatoms. The summed E-state index contributed by atoms with van der Waals surface area (Å²) in [5, 5.41) is 33.6. The molecule has 0 aliphatic heterocycles. The number of carboxylic acids is 3. The molecule has 1 aromatic rings. The van der Waals surface area contributed by atoms with E-state index >= 15 is 0 Å². The average molecular weight is 480 g/mol. The van der Waals surface area contributed by atoms with Crippen molar-refractivity contribution in [3.05, 3.63) is 35.9 Å². The predicted molar refractivity (Wildman–Crippen MR) is 116 cm³/mol. The monoisotopic (exact) mass is 480 g/mol. The summed E-state index contributed by atoms with van der Waals surface area (Å²) in [4.78, 5) is 69.7.